The monoisotopic (exact) mass is 207 g/mol. The molecule has 1 aliphatic rings. The van der Waals surface area contributed by atoms with Crippen molar-refractivity contribution in [1.82, 2.24) is 5.32 Å². The minimum atomic E-state index is 0.277. The first-order chi connectivity index (χ1) is 7.22. The molecular weight excluding hydrogens is 190 g/mol. The molecule has 3 nitrogen and oxygen atoms in total. The Morgan fingerprint density at radius 3 is 2.87 bits per heavy atom. The second-order valence-corrected chi connectivity index (χ2v) is 4.03. The lowest BCUT2D eigenvalue weighted by Crippen LogP contribution is -2.13. The first-order valence-corrected chi connectivity index (χ1v) is 5.33. The van der Waals surface area contributed by atoms with Crippen molar-refractivity contribution in [2.45, 2.75) is 25.8 Å². The van der Waals surface area contributed by atoms with E-state index in [2.05, 4.69) is 5.32 Å². The Bertz CT molecular complexity index is 357. The van der Waals surface area contributed by atoms with Crippen molar-refractivity contribution in [1.29, 1.82) is 0 Å². The van der Waals surface area contributed by atoms with Crippen LogP contribution < -0.4 is 10.1 Å². The van der Waals surface area contributed by atoms with E-state index in [1.165, 1.54) is 6.42 Å². The summed E-state index contributed by atoms with van der Waals surface area (Å²) in [6.07, 6.45) is 2.25. The fraction of sp³-hybridized carbons (Fsp3) is 0.500. The molecule has 0 spiro atoms. The molecule has 0 aromatic heterocycles. The molecule has 1 aliphatic heterocycles. The quantitative estimate of drug-likeness (QED) is 0.780. The first-order valence-electron chi connectivity index (χ1n) is 5.33. The van der Waals surface area contributed by atoms with Gasteiger partial charge in [0, 0.05) is 11.6 Å². The normalized spacial score (nSPS) is 20.5. The second kappa shape index (κ2) is 4.11. The van der Waals surface area contributed by atoms with Crippen LogP contribution in [0.15, 0.2) is 12.1 Å². The Kier molecular flexibility index (Phi) is 2.82. The highest BCUT2D eigenvalue weighted by Gasteiger charge is 2.20. The van der Waals surface area contributed by atoms with Gasteiger partial charge in [-0.3, -0.25) is 0 Å². The van der Waals surface area contributed by atoms with E-state index >= 15 is 0 Å². The lowest BCUT2D eigenvalue weighted by atomic mass is 10.0. The van der Waals surface area contributed by atoms with E-state index in [9.17, 15) is 5.11 Å². The number of phenolic OH excluding ortho intramolecular Hbond substituents is 1. The van der Waals surface area contributed by atoms with Crippen LogP contribution in [0.25, 0.3) is 0 Å². The molecule has 1 fully saturated rings. The predicted molar refractivity (Wildman–Crippen MR) is 59.4 cm³/mol. The number of phenols is 1. The van der Waals surface area contributed by atoms with Crippen LogP contribution in [0.3, 0.4) is 0 Å². The molecule has 1 heterocycles. The van der Waals surface area contributed by atoms with Gasteiger partial charge in [0.15, 0.2) is 0 Å². The zero-order valence-corrected chi connectivity index (χ0v) is 9.21. The van der Waals surface area contributed by atoms with Crippen molar-refractivity contribution in [2.24, 2.45) is 0 Å². The number of ether oxygens (including phenoxy) is 1. The standard InChI is InChI=1S/C12H17NO2/c1-8-6-11(14)9(7-12(8)15-2)10-4-3-5-13-10/h6-7,10,13-14H,3-5H2,1-2H3. The van der Waals surface area contributed by atoms with Gasteiger partial charge < -0.3 is 15.2 Å². The zero-order valence-electron chi connectivity index (χ0n) is 9.21. The molecule has 82 valence electrons. The average Bonchev–Trinajstić information content (AvgIpc) is 2.71. The van der Waals surface area contributed by atoms with E-state index in [1.807, 2.05) is 13.0 Å². The molecule has 2 rings (SSSR count). The molecule has 1 unspecified atom stereocenters. The maximum Gasteiger partial charge on any atom is 0.122 e. The summed E-state index contributed by atoms with van der Waals surface area (Å²) in [6, 6.07) is 3.99. The van der Waals surface area contributed by atoms with Crippen LogP contribution in [0.1, 0.15) is 30.0 Å². The molecule has 0 amide bonds. The molecule has 15 heavy (non-hydrogen) atoms. The SMILES string of the molecule is COc1cc(C2CCCN2)c(O)cc1C. The molecule has 0 aliphatic carbocycles. The van der Waals surface area contributed by atoms with Crippen molar-refractivity contribution in [3.05, 3.63) is 23.3 Å². The minimum absolute atomic E-state index is 0.277. The summed E-state index contributed by atoms with van der Waals surface area (Å²) in [6.45, 7) is 2.96. The maximum absolute atomic E-state index is 9.88. The van der Waals surface area contributed by atoms with E-state index in [4.69, 9.17) is 4.74 Å². The van der Waals surface area contributed by atoms with Gasteiger partial charge in [0.2, 0.25) is 0 Å². The Hall–Kier alpha value is -1.22. The number of aryl methyl sites for hydroxylation is 1. The highest BCUT2D eigenvalue weighted by molar-refractivity contribution is 5.46. The molecule has 1 aromatic carbocycles. The van der Waals surface area contributed by atoms with Crippen LogP contribution in [0, 0.1) is 6.92 Å². The summed E-state index contributed by atoms with van der Waals surface area (Å²) in [5, 5.41) is 13.2. The largest absolute Gasteiger partial charge is 0.508 e. The first kappa shape index (κ1) is 10.3. The maximum atomic E-state index is 9.88. The molecule has 0 bridgehead atoms. The average molecular weight is 207 g/mol. The van der Waals surface area contributed by atoms with Crippen LogP contribution >= 0.6 is 0 Å². The van der Waals surface area contributed by atoms with Gasteiger partial charge in [-0.25, -0.2) is 0 Å². The summed E-state index contributed by atoms with van der Waals surface area (Å²) in [7, 11) is 1.66. The third-order valence-corrected chi connectivity index (χ3v) is 2.98. The zero-order chi connectivity index (χ0) is 10.8. The van der Waals surface area contributed by atoms with E-state index in [0.717, 1.165) is 29.8 Å². The van der Waals surface area contributed by atoms with Crippen LogP contribution in [-0.4, -0.2) is 18.8 Å². The molecule has 1 saturated heterocycles. The summed E-state index contributed by atoms with van der Waals surface area (Å²) in [4.78, 5) is 0. The Morgan fingerprint density at radius 2 is 2.27 bits per heavy atom. The fourth-order valence-electron chi connectivity index (χ4n) is 2.14. The summed E-state index contributed by atoms with van der Waals surface area (Å²) >= 11 is 0. The lowest BCUT2D eigenvalue weighted by Gasteiger charge is -2.15. The lowest BCUT2D eigenvalue weighted by molar-refractivity contribution is 0.405. The van der Waals surface area contributed by atoms with Crippen molar-refractivity contribution in [3.63, 3.8) is 0 Å². The second-order valence-electron chi connectivity index (χ2n) is 4.03. The molecule has 1 aromatic rings. The smallest absolute Gasteiger partial charge is 0.122 e. The Labute approximate surface area is 90.1 Å². The van der Waals surface area contributed by atoms with Gasteiger partial charge in [0.05, 0.1) is 7.11 Å². The minimum Gasteiger partial charge on any atom is -0.508 e. The highest BCUT2D eigenvalue weighted by atomic mass is 16.5. The Morgan fingerprint density at radius 1 is 1.47 bits per heavy atom. The topological polar surface area (TPSA) is 41.5 Å². The van der Waals surface area contributed by atoms with Crippen LogP contribution in [0.2, 0.25) is 0 Å². The number of nitrogens with one attached hydrogen (secondary N) is 1. The number of benzene rings is 1. The molecule has 0 saturated carbocycles. The summed E-state index contributed by atoms with van der Waals surface area (Å²) in [5.74, 6) is 1.21. The Balaban J connectivity index is 2.37. The summed E-state index contributed by atoms with van der Waals surface area (Å²) in [5.41, 5.74) is 1.92. The van der Waals surface area contributed by atoms with Gasteiger partial charge in [0.1, 0.15) is 11.5 Å². The van der Waals surface area contributed by atoms with Gasteiger partial charge >= 0.3 is 0 Å². The number of aromatic hydroxyl groups is 1. The van der Waals surface area contributed by atoms with Crippen molar-refractivity contribution >= 4 is 0 Å². The van der Waals surface area contributed by atoms with Crippen molar-refractivity contribution in [2.75, 3.05) is 13.7 Å². The number of hydrogen-bond acceptors (Lipinski definition) is 3. The number of methoxy groups -OCH3 is 1. The fourth-order valence-corrected chi connectivity index (χ4v) is 2.14. The van der Waals surface area contributed by atoms with E-state index in [-0.39, 0.29) is 6.04 Å². The summed E-state index contributed by atoms with van der Waals surface area (Å²) < 4.78 is 5.26. The molecule has 1 atom stereocenters. The van der Waals surface area contributed by atoms with Gasteiger partial charge in [-0.1, -0.05) is 0 Å². The van der Waals surface area contributed by atoms with E-state index in [0.29, 0.717) is 5.75 Å². The van der Waals surface area contributed by atoms with Gasteiger partial charge in [-0.05, 0) is 44.0 Å². The van der Waals surface area contributed by atoms with Gasteiger partial charge in [-0.15, -0.1) is 0 Å². The molecule has 3 heteroatoms. The number of rotatable bonds is 2. The van der Waals surface area contributed by atoms with Crippen molar-refractivity contribution < 1.29 is 9.84 Å². The highest BCUT2D eigenvalue weighted by Crippen LogP contribution is 2.34. The molecular formula is C12H17NO2. The van der Waals surface area contributed by atoms with Gasteiger partial charge in [0.25, 0.3) is 0 Å². The van der Waals surface area contributed by atoms with Gasteiger partial charge in [-0.2, -0.15) is 0 Å². The number of hydrogen-bond donors (Lipinski definition) is 2. The van der Waals surface area contributed by atoms with Crippen LogP contribution in [-0.2, 0) is 0 Å². The molecule has 2 N–H and O–H groups in total. The third kappa shape index (κ3) is 1.92. The van der Waals surface area contributed by atoms with Crippen LogP contribution in [0.5, 0.6) is 11.5 Å². The van der Waals surface area contributed by atoms with E-state index in [1.54, 1.807) is 13.2 Å². The van der Waals surface area contributed by atoms with Crippen LogP contribution in [0.4, 0.5) is 0 Å². The molecule has 0 radical (unpaired) electrons. The van der Waals surface area contributed by atoms with Crippen molar-refractivity contribution in [3.8, 4) is 11.5 Å². The van der Waals surface area contributed by atoms with E-state index < -0.39 is 0 Å². The third-order valence-electron chi connectivity index (χ3n) is 2.98. The predicted octanol–water partition coefficient (Wildman–Crippen LogP) is 2.13.